The van der Waals surface area contributed by atoms with Crippen molar-refractivity contribution in [2.24, 2.45) is 5.92 Å². The van der Waals surface area contributed by atoms with Gasteiger partial charge in [-0.15, -0.1) is 0 Å². The van der Waals surface area contributed by atoms with Crippen molar-refractivity contribution in [1.29, 1.82) is 0 Å². The summed E-state index contributed by atoms with van der Waals surface area (Å²) in [4.78, 5) is 2.44. The normalized spacial score (nSPS) is 19.6. The first-order valence-electron chi connectivity index (χ1n) is 7.13. The highest BCUT2D eigenvalue weighted by atomic mass is 16.5. The van der Waals surface area contributed by atoms with Gasteiger partial charge < -0.3 is 14.7 Å². The second-order valence-electron chi connectivity index (χ2n) is 5.96. The molecule has 0 bridgehead atoms. The Bertz CT molecular complexity index is 409. The SMILES string of the molecule is COc1cccc(C2(O)CCN(CC(C)C)CC2)c1. The summed E-state index contributed by atoms with van der Waals surface area (Å²) in [5.41, 5.74) is 0.290. The fraction of sp³-hybridized carbons (Fsp3) is 0.625. The molecule has 1 fully saturated rings. The molecule has 0 saturated carbocycles. The van der Waals surface area contributed by atoms with Gasteiger partial charge in [0, 0.05) is 19.6 Å². The Labute approximate surface area is 116 Å². The van der Waals surface area contributed by atoms with Gasteiger partial charge in [0.15, 0.2) is 0 Å². The van der Waals surface area contributed by atoms with Crippen molar-refractivity contribution >= 4 is 0 Å². The molecule has 0 amide bonds. The molecule has 0 aromatic heterocycles. The van der Waals surface area contributed by atoms with Gasteiger partial charge in [0.1, 0.15) is 5.75 Å². The van der Waals surface area contributed by atoms with Crippen LogP contribution in [0.3, 0.4) is 0 Å². The Morgan fingerprint density at radius 2 is 2.00 bits per heavy atom. The minimum absolute atomic E-state index is 0.683. The molecule has 0 spiro atoms. The number of methoxy groups -OCH3 is 1. The molecule has 1 saturated heterocycles. The van der Waals surface area contributed by atoms with E-state index in [-0.39, 0.29) is 0 Å². The van der Waals surface area contributed by atoms with Gasteiger partial charge in [-0.05, 0) is 36.5 Å². The van der Waals surface area contributed by atoms with Gasteiger partial charge in [-0.2, -0.15) is 0 Å². The summed E-state index contributed by atoms with van der Waals surface area (Å²) in [6, 6.07) is 7.83. The molecule has 0 atom stereocenters. The van der Waals surface area contributed by atoms with Crippen molar-refractivity contribution in [3.63, 3.8) is 0 Å². The van der Waals surface area contributed by atoms with Crippen molar-refractivity contribution in [3.8, 4) is 5.75 Å². The number of aliphatic hydroxyl groups is 1. The fourth-order valence-corrected chi connectivity index (χ4v) is 2.82. The van der Waals surface area contributed by atoms with E-state index in [1.165, 1.54) is 0 Å². The lowest BCUT2D eigenvalue weighted by molar-refractivity contribution is -0.0280. The molecule has 1 aromatic rings. The van der Waals surface area contributed by atoms with E-state index >= 15 is 0 Å². The molecule has 3 nitrogen and oxygen atoms in total. The van der Waals surface area contributed by atoms with Crippen LogP contribution in [0, 0.1) is 5.92 Å². The van der Waals surface area contributed by atoms with Gasteiger partial charge in [-0.1, -0.05) is 26.0 Å². The molecule has 3 heteroatoms. The second-order valence-corrected chi connectivity index (χ2v) is 5.96. The first-order chi connectivity index (χ1) is 9.03. The third-order valence-electron chi connectivity index (χ3n) is 3.91. The van der Waals surface area contributed by atoms with Gasteiger partial charge in [0.2, 0.25) is 0 Å². The first-order valence-corrected chi connectivity index (χ1v) is 7.13. The van der Waals surface area contributed by atoms with Gasteiger partial charge >= 0.3 is 0 Å². The summed E-state index contributed by atoms with van der Waals surface area (Å²) in [5, 5.41) is 10.8. The van der Waals surface area contributed by atoms with Crippen molar-refractivity contribution in [2.75, 3.05) is 26.7 Å². The molecule has 106 valence electrons. The van der Waals surface area contributed by atoms with E-state index in [0.717, 1.165) is 43.8 Å². The number of benzene rings is 1. The van der Waals surface area contributed by atoms with Crippen LogP contribution in [0.25, 0.3) is 0 Å². The topological polar surface area (TPSA) is 32.7 Å². The van der Waals surface area contributed by atoms with Crippen LogP contribution in [0.5, 0.6) is 5.75 Å². The lowest BCUT2D eigenvalue weighted by atomic mass is 9.84. The minimum Gasteiger partial charge on any atom is -0.497 e. The van der Waals surface area contributed by atoms with E-state index < -0.39 is 5.60 Å². The van der Waals surface area contributed by atoms with E-state index in [1.807, 2.05) is 24.3 Å². The Balaban J connectivity index is 2.04. The number of hydrogen-bond donors (Lipinski definition) is 1. The van der Waals surface area contributed by atoms with E-state index in [1.54, 1.807) is 7.11 Å². The van der Waals surface area contributed by atoms with E-state index in [4.69, 9.17) is 4.74 Å². The van der Waals surface area contributed by atoms with Gasteiger partial charge in [-0.3, -0.25) is 0 Å². The summed E-state index contributed by atoms with van der Waals surface area (Å²) in [6.45, 7) is 7.53. The molecule has 1 aromatic carbocycles. The van der Waals surface area contributed by atoms with Crippen LogP contribution < -0.4 is 4.74 Å². The van der Waals surface area contributed by atoms with Crippen LogP contribution in [0.1, 0.15) is 32.3 Å². The van der Waals surface area contributed by atoms with Crippen molar-refractivity contribution in [1.82, 2.24) is 4.90 Å². The maximum absolute atomic E-state index is 10.8. The Kier molecular flexibility index (Phi) is 4.48. The largest absolute Gasteiger partial charge is 0.497 e. The molecular weight excluding hydrogens is 238 g/mol. The van der Waals surface area contributed by atoms with Crippen LogP contribution >= 0.6 is 0 Å². The molecule has 1 aliphatic rings. The highest BCUT2D eigenvalue weighted by Gasteiger charge is 2.34. The Morgan fingerprint density at radius 1 is 1.32 bits per heavy atom. The van der Waals surface area contributed by atoms with Crippen LogP contribution in [-0.4, -0.2) is 36.8 Å². The average molecular weight is 263 g/mol. The zero-order chi connectivity index (χ0) is 13.9. The van der Waals surface area contributed by atoms with Gasteiger partial charge in [0.25, 0.3) is 0 Å². The Morgan fingerprint density at radius 3 is 2.58 bits per heavy atom. The summed E-state index contributed by atoms with van der Waals surface area (Å²) < 4.78 is 5.24. The maximum atomic E-state index is 10.8. The highest BCUT2D eigenvalue weighted by molar-refractivity contribution is 5.32. The molecule has 1 aliphatic heterocycles. The van der Waals surface area contributed by atoms with E-state index in [2.05, 4.69) is 18.7 Å². The summed E-state index contributed by atoms with van der Waals surface area (Å²) >= 11 is 0. The van der Waals surface area contributed by atoms with E-state index in [9.17, 15) is 5.11 Å². The lowest BCUT2D eigenvalue weighted by Gasteiger charge is -2.39. The fourth-order valence-electron chi connectivity index (χ4n) is 2.82. The molecule has 0 aliphatic carbocycles. The monoisotopic (exact) mass is 263 g/mol. The third-order valence-corrected chi connectivity index (χ3v) is 3.91. The molecular formula is C16H25NO2. The van der Waals surface area contributed by atoms with Crippen LogP contribution in [0.15, 0.2) is 24.3 Å². The predicted molar refractivity (Wildman–Crippen MR) is 77.4 cm³/mol. The van der Waals surface area contributed by atoms with Crippen LogP contribution in [0.4, 0.5) is 0 Å². The number of piperidine rings is 1. The average Bonchev–Trinajstić information content (AvgIpc) is 2.41. The van der Waals surface area contributed by atoms with Crippen molar-refractivity contribution < 1.29 is 9.84 Å². The molecule has 0 radical (unpaired) electrons. The minimum atomic E-state index is -0.692. The lowest BCUT2D eigenvalue weighted by Crippen LogP contribution is -2.43. The zero-order valence-electron chi connectivity index (χ0n) is 12.2. The predicted octanol–water partition coefficient (Wildman–Crippen LogP) is 2.63. The second kappa shape index (κ2) is 5.93. The van der Waals surface area contributed by atoms with Crippen molar-refractivity contribution in [3.05, 3.63) is 29.8 Å². The smallest absolute Gasteiger partial charge is 0.119 e. The number of nitrogens with zero attached hydrogens (tertiary/aromatic N) is 1. The molecule has 19 heavy (non-hydrogen) atoms. The van der Waals surface area contributed by atoms with Gasteiger partial charge in [0.05, 0.1) is 12.7 Å². The third kappa shape index (κ3) is 3.48. The first kappa shape index (κ1) is 14.4. The molecule has 2 rings (SSSR count). The zero-order valence-corrected chi connectivity index (χ0v) is 12.2. The Hall–Kier alpha value is -1.06. The summed E-state index contributed by atoms with van der Waals surface area (Å²) in [5.74, 6) is 1.50. The van der Waals surface area contributed by atoms with E-state index in [0.29, 0.717) is 5.92 Å². The van der Waals surface area contributed by atoms with Gasteiger partial charge in [-0.25, -0.2) is 0 Å². The van der Waals surface area contributed by atoms with Crippen molar-refractivity contribution in [2.45, 2.75) is 32.3 Å². The summed E-state index contributed by atoms with van der Waals surface area (Å²) in [7, 11) is 1.66. The standard InChI is InChI=1S/C16H25NO2/c1-13(2)12-17-9-7-16(18,8-10-17)14-5-4-6-15(11-14)19-3/h4-6,11,13,18H,7-10,12H2,1-3H3. The van der Waals surface area contributed by atoms with Crippen LogP contribution in [-0.2, 0) is 5.60 Å². The number of likely N-dealkylation sites (tertiary alicyclic amines) is 1. The molecule has 0 unspecified atom stereocenters. The summed E-state index contributed by atoms with van der Waals surface area (Å²) in [6.07, 6.45) is 1.60. The number of ether oxygens (including phenoxy) is 1. The van der Waals surface area contributed by atoms with Crippen LogP contribution in [0.2, 0.25) is 0 Å². The molecule has 1 N–H and O–H groups in total. The molecule has 1 heterocycles. The highest BCUT2D eigenvalue weighted by Crippen LogP contribution is 2.34. The number of hydrogen-bond acceptors (Lipinski definition) is 3. The number of rotatable bonds is 4. The maximum Gasteiger partial charge on any atom is 0.119 e. The quantitative estimate of drug-likeness (QED) is 0.906.